The van der Waals surface area contributed by atoms with Crippen LogP contribution >= 0.6 is 0 Å². The van der Waals surface area contributed by atoms with Crippen LogP contribution in [0.4, 0.5) is 0 Å². The normalized spacial score (nSPS) is 21.6. The van der Waals surface area contributed by atoms with Crippen molar-refractivity contribution in [3.63, 3.8) is 0 Å². The summed E-state index contributed by atoms with van der Waals surface area (Å²) in [5.41, 5.74) is 7.24. The molecule has 1 saturated heterocycles. The first kappa shape index (κ1) is 12.6. The zero-order chi connectivity index (χ0) is 11.9. The van der Waals surface area contributed by atoms with Gasteiger partial charge in [0.15, 0.2) is 0 Å². The van der Waals surface area contributed by atoms with E-state index in [9.17, 15) is 0 Å². The lowest BCUT2D eigenvalue weighted by Gasteiger charge is -2.16. The van der Waals surface area contributed by atoms with Gasteiger partial charge in [0.2, 0.25) is 0 Å². The van der Waals surface area contributed by atoms with Gasteiger partial charge >= 0.3 is 0 Å². The van der Waals surface area contributed by atoms with Gasteiger partial charge in [-0.25, -0.2) is 0 Å². The van der Waals surface area contributed by atoms with Crippen molar-refractivity contribution in [3.05, 3.63) is 35.9 Å². The molecule has 0 bridgehead atoms. The molecule has 1 aliphatic heterocycles. The Morgan fingerprint density at radius 2 is 2.12 bits per heavy atom. The molecule has 17 heavy (non-hydrogen) atoms. The molecule has 1 aliphatic rings. The van der Waals surface area contributed by atoms with Gasteiger partial charge < -0.3 is 10.5 Å². The van der Waals surface area contributed by atoms with E-state index < -0.39 is 0 Å². The Bertz CT molecular complexity index is 306. The van der Waals surface area contributed by atoms with Gasteiger partial charge in [0.1, 0.15) is 0 Å². The molecule has 2 rings (SSSR count). The molecular formula is C15H23NO. The Labute approximate surface area is 104 Å². The summed E-state index contributed by atoms with van der Waals surface area (Å²) in [7, 11) is 0. The standard InChI is InChI=1S/C15H23NO/c16-12-14(13-6-2-1-3-7-13)8-4-9-15-10-5-11-17-15/h1-3,6-7,14-15H,4-5,8-12,16H2. The van der Waals surface area contributed by atoms with Crippen LogP contribution in [0.15, 0.2) is 30.3 Å². The first-order valence-electron chi connectivity index (χ1n) is 6.76. The second kappa shape index (κ2) is 6.77. The van der Waals surface area contributed by atoms with Crippen molar-refractivity contribution in [3.8, 4) is 0 Å². The van der Waals surface area contributed by atoms with E-state index in [-0.39, 0.29) is 0 Å². The van der Waals surface area contributed by atoms with E-state index in [1.807, 2.05) is 0 Å². The Morgan fingerprint density at radius 3 is 2.76 bits per heavy atom. The van der Waals surface area contributed by atoms with Crippen LogP contribution in [0.1, 0.15) is 43.6 Å². The summed E-state index contributed by atoms with van der Waals surface area (Å²) >= 11 is 0. The summed E-state index contributed by atoms with van der Waals surface area (Å²) in [6.07, 6.45) is 6.61. The average molecular weight is 233 g/mol. The topological polar surface area (TPSA) is 35.2 Å². The average Bonchev–Trinajstić information content (AvgIpc) is 2.89. The minimum absolute atomic E-state index is 0.512. The zero-order valence-corrected chi connectivity index (χ0v) is 10.5. The highest BCUT2D eigenvalue weighted by Gasteiger charge is 2.16. The van der Waals surface area contributed by atoms with Crippen molar-refractivity contribution in [1.82, 2.24) is 0 Å². The van der Waals surface area contributed by atoms with Crippen molar-refractivity contribution >= 4 is 0 Å². The second-order valence-electron chi connectivity index (χ2n) is 4.91. The monoisotopic (exact) mass is 233 g/mol. The molecule has 94 valence electrons. The lowest BCUT2D eigenvalue weighted by atomic mass is 9.93. The van der Waals surface area contributed by atoms with E-state index in [4.69, 9.17) is 10.5 Å². The third-order valence-electron chi connectivity index (χ3n) is 3.66. The van der Waals surface area contributed by atoms with E-state index in [0.29, 0.717) is 12.0 Å². The summed E-state index contributed by atoms with van der Waals surface area (Å²) in [5.74, 6) is 0.512. The van der Waals surface area contributed by atoms with Crippen LogP contribution < -0.4 is 5.73 Å². The van der Waals surface area contributed by atoms with E-state index in [0.717, 1.165) is 13.2 Å². The molecule has 0 amide bonds. The predicted molar refractivity (Wildman–Crippen MR) is 71.1 cm³/mol. The van der Waals surface area contributed by atoms with E-state index in [1.54, 1.807) is 0 Å². The van der Waals surface area contributed by atoms with Gasteiger partial charge in [-0.1, -0.05) is 36.8 Å². The van der Waals surface area contributed by atoms with Crippen LogP contribution in [0.3, 0.4) is 0 Å². The maximum Gasteiger partial charge on any atom is 0.0576 e. The van der Waals surface area contributed by atoms with Crippen molar-refractivity contribution in [1.29, 1.82) is 0 Å². The molecule has 2 unspecified atom stereocenters. The Hall–Kier alpha value is -0.860. The first-order valence-corrected chi connectivity index (χ1v) is 6.76. The summed E-state index contributed by atoms with van der Waals surface area (Å²) in [6, 6.07) is 10.6. The molecule has 2 N–H and O–H groups in total. The van der Waals surface area contributed by atoms with Gasteiger partial charge in [0.25, 0.3) is 0 Å². The fraction of sp³-hybridized carbons (Fsp3) is 0.600. The van der Waals surface area contributed by atoms with Crippen molar-refractivity contribution in [2.75, 3.05) is 13.2 Å². The molecule has 0 aromatic heterocycles. The Kier molecular flexibility index (Phi) is 5.02. The quantitative estimate of drug-likeness (QED) is 0.819. The van der Waals surface area contributed by atoms with Crippen molar-refractivity contribution < 1.29 is 4.74 Å². The fourth-order valence-electron chi connectivity index (χ4n) is 2.61. The molecule has 2 nitrogen and oxygen atoms in total. The van der Waals surface area contributed by atoms with Gasteiger partial charge in [-0.05, 0) is 43.7 Å². The van der Waals surface area contributed by atoms with Crippen molar-refractivity contribution in [2.24, 2.45) is 5.73 Å². The summed E-state index contributed by atoms with van der Waals surface area (Å²) in [5, 5.41) is 0. The molecule has 0 saturated carbocycles. The number of hydrogen-bond acceptors (Lipinski definition) is 2. The Morgan fingerprint density at radius 1 is 1.29 bits per heavy atom. The molecule has 0 radical (unpaired) electrons. The van der Waals surface area contributed by atoms with Gasteiger partial charge in [0, 0.05) is 6.61 Å². The van der Waals surface area contributed by atoms with E-state index in [1.165, 1.54) is 37.7 Å². The molecule has 1 heterocycles. The number of ether oxygens (including phenoxy) is 1. The summed E-state index contributed by atoms with van der Waals surface area (Å²) in [4.78, 5) is 0. The lowest BCUT2D eigenvalue weighted by molar-refractivity contribution is 0.101. The summed E-state index contributed by atoms with van der Waals surface area (Å²) < 4.78 is 5.64. The highest BCUT2D eigenvalue weighted by atomic mass is 16.5. The van der Waals surface area contributed by atoms with E-state index >= 15 is 0 Å². The maximum absolute atomic E-state index is 5.87. The van der Waals surface area contributed by atoms with Crippen LogP contribution in [-0.2, 0) is 4.74 Å². The molecule has 0 aliphatic carbocycles. The first-order chi connectivity index (χ1) is 8.40. The Balaban J connectivity index is 1.75. The largest absolute Gasteiger partial charge is 0.378 e. The molecule has 2 atom stereocenters. The van der Waals surface area contributed by atoms with Crippen molar-refractivity contribution in [2.45, 2.75) is 44.1 Å². The molecule has 1 fully saturated rings. The fourth-order valence-corrected chi connectivity index (χ4v) is 2.61. The third-order valence-corrected chi connectivity index (χ3v) is 3.66. The second-order valence-corrected chi connectivity index (χ2v) is 4.91. The SMILES string of the molecule is NCC(CCCC1CCCO1)c1ccccc1. The molecule has 1 aromatic carbocycles. The van der Waals surface area contributed by atoms with E-state index in [2.05, 4.69) is 30.3 Å². The number of benzene rings is 1. The van der Waals surface area contributed by atoms with Crippen LogP contribution in [0.25, 0.3) is 0 Å². The van der Waals surface area contributed by atoms with Gasteiger partial charge in [-0.15, -0.1) is 0 Å². The molecule has 2 heteroatoms. The lowest BCUT2D eigenvalue weighted by Crippen LogP contribution is -2.13. The number of hydrogen-bond donors (Lipinski definition) is 1. The number of nitrogens with two attached hydrogens (primary N) is 1. The number of rotatable bonds is 6. The summed E-state index contributed by atoms with van der Waals surface area (Å²) in [6.45, 7) is 1.71. The van der Waals surface area contributed by atoms with Crippen LogP contribution in [-0.4, -0.2) is 19.3 Å². The highest BCUT2D eigenvalue weighted by Crippen LogP contribution is 2.24. The van der Waals surface area contributed by atoms with Crippen LogP contribution in [0.5, 0.6) is 0 Å². The highest BCUT2D eigenvalue weighted by molar-refractivity contribution is 5.19. The van der Waals surface area contributed by atoms with Crippen LogP contribution in [0.2, 0.25) is 0 Å². The minimum Gasteiger partial charge on any atom is -0.378 e. The third kappa shape index (κ3) is 3.83. The van der Waals surface area contributed by atoms with Gasteiger partial charge in [0.05, 0.1) is 6.10 Å². The zero-order valence-electron chi connectivity index (χ0n) is 10.5. The molecule has 0 spiro atoms. The smallest absolute Gasteiger partial charge is 0.0576 e. The van der Waals surface area contributed by atoms with Gasteiger partial charge in [-0.2, -0.15) is 0 Å². The molecule has 1 aromatic rings. The van der Waals surface area contributed by atoms with Crippen LogP contribution in [0, 0.1) is 0 Å². The maximum atomic E-state index is 5.87. The predicted octanol–water partition coefficient (Wildman–Crippen LogP) is 3.08. The molecular weight excluding hydrogens is 210 g/mol. The minimum atomic E-state index is 0.512. The van der Waals surface area contributed by atoms with Gasteiger partial charge in [-0.3, -0.25) is 0 Å².